The highest BCUT2D eigenvalue weighted by Gasteiger charge is 2.14. The summed E-state index contributed by atoms with van der Waals surface area (Å²) in [6.07, 6.45) is 1.05. The first-order valence-electron chi connectivity index (χ1n) is 6.80. The van der Waals surface area contributed by atoms with E-state index in [0.29, 0.717) is 18.0 Å². The average molecular weight is 300 g/mol. The third kappa shape index (κ3) is 5.20. The Kier molecular flexibility index (Phi) is 7.15. The Morgan fingerprint density at radius 3 is 2.65 bits per heavy atom. The van der Waals surface area contributed by atoms with Gasteiger partial charge in [0.25, 0.3) is 0 Å². The maximum Gasteiger partial charge on any atom is 0.240 e. The molecule has 5 nitrogen and oxygen atoms in total. The van der Waals surface area contributed by atoms with Crippen LogP contribution < -0.4 is 10.0 Å². The zero-order valence-electron chi connectivity index (χ0n) is 12.4. The van der Waals surface area contributed by atoms with E-state index in [0.717, 1.165) is 24.1 Å². The van der Waals surface area contributed by atoms with Gasteiger partial charge in [0.05, 0.1) is 11.5 Å². The van der Waals surface area contributed by atoms with Crippen molar-refractivity contribution in [1.82, 2.24) is 10.0 Å². The zero-order valence-corrected chi connectivity index (χ0v) is 13.2. The molecule has 0 aliphatic carbocycles. The predicted octanol–water partition coefficient (Wildman–Crippen LogP) is 1.42. The normalized spacial score (nSPS) is 11.8. The number of ether oxygens (including phenoxy) is 1. The minimum Gasteiger partial charge on any atom is -0.383 e. The van der Waals surface area contributed by atoms with Gasteiger partial charge in [0.15, 0.2) is 0 Å². The molecular formula is C14H24N2O3S. The lowest BCUT2D eigenvalue weighted by molar-refractivity contribution is 0.204. The lowest BCUT2D eigenvalue weighted by Gasteiger charge is -2.11. The zero-order chi connectivity index (χ0) is 15.0. The van der Waals surface area contributed by atoms with Crippen LogP contribution in [-0.4, -0.2) is 35.2 Å². The van der Waals surface area contributed by atoms with Gasteiger partial charge < -0.3 is 10.1 Å². The van der Waals surface area contributed by atoms with Crippen molar-refractivity contribution in [3.8, 4) is 0 Å². The maximum atomic E-state index is 12.1. The van der Waals surface area contributed by atoms with Crippen LogP contribution >= 0.6 is 0 Å². The monoisotopic (exact) mass is 300 g/mol. The molecule has 114 valence electrons. The molecular weight excluding hydrogens is 276 g/mol. The van der Waals surface area contributed by atoms with Gasteiger partial charge in [-0.2, -0.15) is 0 Å². The van der Waals surface area contributed by atoms with Gasteiger partial charge in [-0.25, -0.2) is 13.1 Å². The van der Waals surface area contributed by atoms with E-state index < -0.39 is 10.0 Å². The van der Waals surface area contributed by atoms with Crippen LogP contribution in [0.15, 0.2) is 23.1 Å². The molecule has 0 unspecified atom stereocenters. The van der Waals surface area contributed by atoms with Crippen molar-refractivity contribution in [2.24, 2.45) is 0 Å². The van der Waals surface area contributed by atoms with Gasteiger partial charge >= 0.3 is 0 Å². The van der Waals surface area contributed by atoms with Crippen LogP contribution in [0.4, 0.5) is 0 Å². The Balaban J connectivity index is 2.82. The fourth-order valence-corrected chi connectivity index (χ4v) is 2.83. The molecule has 0 heterocycles. The van der Waals surface area contributed by atoms with Crippen LogP contribution in [0.5, 0.6) is 0 Å². The van der Waals surface area contributed by atoms with E-state index in [1.54, 1.807) is 12.1 Å². The first-order valence-corrected chi connectivity index (χ1v) is 8.28. The number of rotatable bonds is 9. The number of hydrogen-bond acceptors (Lipinski definition) is 4. The second-order valence-electron chi connectivity index (χ2n) is 4.66. The molecule has 2 N–H and O–H groups in total. The molecule has 0 bridgehead atoms. The van der Waals surface area contributed by atoms with Crippen molar-refractivity contribution in [1.29, 1.82) is 0 Å². The molecule has 1 aromatic rings. The molecule has 0 aliphatic rings. The van der Waals surface area contributed by atoms with Crippen molar-refractivity contribution < 1.29 is 13.2 Å². The van der Waals surface area contributed by atoms with Crippen molar-refractivity contribution in [3.63, 3.8) is 0 Å². The summed E-state index contributed by atoms with van der Waals surface area (Å²) >= 11 is 0. The summed E-state index contributed by atoms with van der Waals surface area (Å²) in [4.78, 5) is 0.299. The lowest BCUT2D eigenvalue weighted by Crippen LogP contribution is -2.27. The second kappa shape index (κ2) is 8.36. The van der Waals surface area contributed by atoms with Gasteiger partial charge in [-0.1, -0.05) is 13.0 Å². The summed E-state index contributed by atoms with van der Waals surface area (Å²) in [6, 6.07) is 5.20. The van der Waals surface area contributed by atoms with Crippen molar-refractivity contribution in [2.75, 3.05) is 26.8 Å². The molecule has 0 spiro atoms. The van der Waals surface area contributed by atoms with Gasteiger partial charge in [-0.05, 0) is 43.1 Å². The standard InChI is InChI=1S/C14H24N2O3S/c1-4-7-15-11-13-10-14(6-5-12(13)2)20(17,18)16-8-9-19-3/h5-6,10,15-16H,4,7-9,11H2,1-3H3. The van der Waals surface area contributed by atoms with E-state index in [-0.39, 0.29) is 6.54 Å². The van der Waals surface area contributed by atoms with Crippen molar-refractivity contribution in [3.05, 3.63) is 29.3 Å². The van der Waals surface area contributed by atoms with Crippen LogP contribution in [0.3, 0.4) is 0 Å². The van der Waals surface area contributed by atoms with Crippen LogP contribution in [-0.2, 0) is 21.3 Å². The molecule has 0 radical (unpaired) electrons. The molecule has 1 rings (SSSR count). The predicted molar refractivity (Wildman–Crippen MR) is 80.2 cm³/mol. The topological polar surface area (TPSA) is 67.4 Å². The fraction of sp³-hybridized carbons (Fsp3) is 0.571. The Morgan fingerprint density at radius 1 is 1.25 bits per heavy atom. The summed E-state index contributed by atoms with van der Waals surface area (Å²) in [6.45, 7) is 6.31. The van der Waals surface area contributed by atoms with Crippen LogP contribution in [0.2, 0.25) is 0 Å². The molecule has 0 saturated heterocycles. The van der Waals surface area contributed by atoms with Gasteiger partial charge in [-0.3, -0.25) is 0 Å². The quantitative estimate of drug-likeness (QED) is 0.677. The number of aryl methyl sites for hydroxylation is 1. The smallest absolute Gasteiger partial charge is 0.240 e. The summed E-state index contributed by atoms with van der Waals surface area (Å²) in [5.74, 6) is 0. The molecule has 0 aromatic heterocycles. The average Bonchev–Trinajstić information content (AvgIpc) is 2.41. The third-order valence-corrected chi connectivity index (χ3v) is 4.43. The summed E-state index contributed by atoms with van der Waals surface area (Å²) < 4.78 is 31.6. The largest absolute Gasteiger partial charge is 0.383 e. The van der Waals surface area contributed by atoms with Crippen LogP contribution in [0.25, 0.3) is 0 Å². The van der Waals surface area contributed by atoms with Crippen LogP contribution in [0.1, 0.15) is 24.5 Å². The summed E-state index contributed by atoms with van der Waals surface area (Å²) in [7, 11) is -1.92. The fourth-order valence-electron chi connectivity index (χ4n) is 1.77. The number of benzene rings is 1. The van der Waals surface area contributed by atoms with E-state index in [1.807, 2.05) is 13.0 Å². The molecule has 0 amide bonds. The van der Waals surface area contributed by atoms with Crippen molar-refractivity contribution >= 4 is 10.0 Å². The number of sulfonamides is 1. The Bertz CT molecular complexity index is 515. The lowest BCUT2D eigenvalue weighted by atomic mass is 10.1. The minimum atomic E-state index is -3.46. The maximum absolute atomic E-state index is 12.1. The highest BCUT2D eigenvalue weighted by Crippen LogP contribution is 2.15. The van der Waals surface area contributed by atoms with E-state index in [9.17, 15) is 8.42 Å². The molecule has 1 aromatic carbocycles. The Morgan fingerprint density at radius 2 is 2.00 bits per heavy atom. The Hall–Kier alpha value is -0.950. The molecule has 0 fully saturated rings. The SMILES string of the molecule is CCCNCc1cc(S(=O)(=O)NCCOC)ccc1C. The van der Waals surface area contributed by atoms with E-state index in [4.69, 9.17) is 4.74 Å². The third-order valence-electron chi connectivity index (χ3n) is 2.97. The first kappa shape index (κ1) is 17.1. The summed E-state index contributed by atoms with van der Waals surface area (Å²) in [5.41, 5.74) is 2.09. The van der Waals surface area contributed by atoms with Crippen molar-refractivity contribution in [2.45, 2.75) is 31.7 Å². The van der Waals surface area contributed by atoms with E-state index >= 15 is 0 Å². The van der Waals surface area contributed by atoms with E-state index in [2.05, 4.69) is 17.0 Å². The van der Waals surface area contributed by atoms with Crippen LogP contribution in [0, 0.1) is 6.92 Å². The highest BCUT2D eigenvalue weighted by atomic mass is 32.2. The molecule has 6 heteroatoms. The molecule has 20 heavy (non-hydrogen) atoms. The second-order valence-corrected chi connectivity index (χ2v) is 6.42. The molecule has 0 aliphatic heterocycles. The first-order chi connectivity index (χ1) is 9.51. The van der Waals surface area contributed by atoms with Gasteiger partial charge in [0.1, 0.15) is 0 Å². The highest BCUT2D eigenvalue weighted by molar-refractivity contribution is 7.89. The summed E-state index contributed by atoms with van der Waals surface area (Å²) in [5, 5.41) is 3.29. The number of methoxy groups -OCH3 is 1. The van der Waals surface area contributed by atoms with Gasteiger partial charge in [-0.15, -0.1) is 0 Å². The molecule has 0 atom stereocenters. The Labute approximate surface area is 121 Å². The number of hydrogen-bond donors (Lipinski definition) is 2. The number of nitrogens with one attached hydrogen (secondary N) is 2. The van der Waals surface area contributed by atoms with Gasteiger partial charge in [0, 0.05) is 20.2 Å². The molecule has 0 saturated carbocycles. The van der Waals surface area contributed by atoms with E-state index in [1.165, 1.54) is 7.11 Å². The minimum absolute atomic E-state index is 0.274. The van der Waals surface area contributed by atoms with Gasteiger partial charge in [0.2, 0.25) is 10.0 Å².